The third-order valence-corrected chi connectivity index (χ3v) is 4.54. The van der Waals surface area contributed by atoms with Crippen LogP contribution in [0.4, 0.5) is 5.69 Å². The number of hydrogen-bond acceptors (Lipinski definition) is 5. The van der Waals surface area contributed by atoms with E-state index in [-0.39, 0.29) is 0 Å². The fraction of sp³-hybridized carbons (Fsp3) is 0.0385. The van der Waals surface area contributed by atoms with E-state index in [0.717, 1.165) is 16.5 Å². The van der Waals surface area contributed by atoms with E-state index < -0.39 is 18.5 Å². The molecule has 0 unspecified atom stereocenters. The highest BCUT2D eigenvalue weighted by Gasteiger charge is 2.10. The number of fused-ring (bicyclic) bond motifs is 1. The Morgan fingerprint density at radius 3 is 2.53 bits per heavy atom. The van der Waals surface area contributed by atoms with Crippen molar-refractivity contribution in [2.24, 2.45) is 0 Å². The maximum absolute atomic E-state index is 12.3. The Labute approximate surface area is 185 Å². The van der Waals surface area contributed by atoms with Gasteiger partial charge in [0.2, 0.25) is 0 Å². The number of ether oxygens (including phenoxy) is 2. The number of nitrogens with one attached hydrogen (secondary N) is 1. The van der Waals surface area contributed by atoms with Crippen molar-refractivity contribution in [1.29, 1.82) is 0 Å². The van der Waals surface area contributed by atoms with Gasteiger partial charge in [-0.1, -0.05) is 54.6 Å². The third kappa shape index (κ3) is 5.37. The van der Waals surface area contributed by atoms with Gasteiger partial charge < -0.3 is 14.8 Å². The van der Waals surface area contributed by atoms with Crippen molar-refractivity contribution >= 4 is 34.5 Å². The van der Waals surface area contributed by atoms with Gasteiger partial charge in [-0.15, -0.1) is 0 Å². The van der Waals surface area contributed by atoms with Crippen LogP contribution in [0.1, 0.15) is 5.56 Å². The number of carbonyl (C=O) groups excluding carboxylic acids is 2. The lowest BCUT2D eigenvalue weighted by Crippen LogP contribution is -2.20. The topological polar surface area (TPSA) is 77.5 Å². The van der Waals surface area contributed by atoms with Crippen LogP contribution < -0.4 is 10.1 Å². The van der Waals surface area contributed by atoms with E-state index >= 15 is 0 Å². The third-order valence-electron chi connectivity index (χ3n) is 4.54. The van der Waals surface area contributed by atoms with Crippen molar-refractivity contribution in [1.82, 2.24) is 4.98 Å². The van der Waals surface area contributed by atoms with Crippen LogP contribution in [0.5, 0.6) is 11.5 Å². The van der Waals surface area contributed by atoms with E-state index in [0.29, 0.717) is 17.2 Å². The van der Waals surface area contributed by atoms with Gasteiger partial charge in [-0.2, -0.15) is 0 Å². The van der Waals surface area contributed by atoms with Crippen molar-refractivity contribution in [2.45, 2.75) is 0 Å². The van der Waals surface area contributed by atoms with E-state index in [2.05, 4.69) is 10.3 Å². The lowest BCUT2D eigenvalue weighted by Gasteiger charge is -2.12. The zero-order chi connectivity index (χ0) is 22.2. The zero-order valence-electron chi connectivity index (χ0n) is 17.1. The molecular weight excluding hydrogens is 404 g/mol. The predicted octanol–water partition coefficient (Wildman–Crippen LogP) is 5.22. The summed E-state index contributed by atoms with van der Waals surface area (Å²) in [5.41, 5.74) is 2.05. The Bertz CT molecular complexity index is 1260. The number of para-hydroxylation sites is 4. The first-order valence-electron chi connectivity index (χ1n) is 9.99. The first-order chi connectivity index (χ1) is 15.7. The molecule has 0 spiro atoms. The largest absolute Gasteiger partial charge is 0.455 e. The van der Waals surface area contributed by atoms with Crippen LogP contribution in [0.2, 0.25) is 0 Å². The Hall–Kier alpha value is -4.45. The van der Waals surface area contributed by atoms with E-state index in [1.54, 1.807) is 36.5 Å². The number of esters is 1. The normalized spacial score (nSPS) is 10.8. The van der Waals surface area contributed by atoms with Gasteiger partial charge in [-0.3, -0.25) is 9.78 Å². The van der Waals surface area contributed by atoms with Crippen molar-refractivity contribution in [3.05, 3.63) is 103 Å². The summed E-state index contributed by atoms with van der Waals surface area (Å²) in [5.74, 6) is 0.0417. The highest BCUT2D eigenvalue weighted by Crippen LogP contribution is 2.29. The average Bonchev–Trinajstić information content (AvgIpc) is 2.83. The Morgan fingerprint density at radius 1 is 0.875 bits per heavy atom. The summed E-state index contributed by atoms with van der Waals surface area (Å²) in [6.45, 7) is -0.420. The van der Waals surface area contributed by atoms with Crippen LogP contribution in [-0.2, 0) is 14.3 Å². The van der Waals surface area contributed by atoms with Crippen LogP contribution in [0.3, 0.4) is 0 Å². The number of amides is 1. The summed E-state index contributed by atoms with van der Waals surface area (Å²) in [5, 5.41) is 3.68. The molecule has 0 aliphatic heterocycles. The molecule has 0 saturated heterocycles. The first kappa shape index (κ1) is 20.8. The molecular formula is C26H20N2O4. The summed E-state index contributed by atoms with van der Waals surface area (Å²) >= 11 is 0. The highest BCUT2D eigenvalue weighted by molar-refractivity contribution is 5.96. The molecule has 0 bridgehead atoms. The van der Waals surface area contributed by atoms with Crippen LogP contribution in [0.25, 0.3) is 17.0 Å². The van der Waals surface area contributed by atoms with Gasteiger partial charge in [-0.05, 0) is 36.4 Å². The fourth-order valence-electron chi connectivity index (χ4n) is 3.07. The van der Waals surface area contributed by atoms with Gasteiger partial charge in [0, 0.05) is 23.2 Å². The molecule has 32 heavy (non-hydrogen) atoms. The van der Waals surface area contributed by atoms with Crippen molar-refractivity contribution in [2.75, 3.05) is 11.9 Å². The van der Waals surface area contributed by atoms with Crippen LogP contribution in [0, 0.1) is 0 Å². The molecule has 158 valence electrons. The van der Waals surface area contributed by atoms with E-state index in [1.807, 2.05) is 60.7 Å². The smallest absolute Gasteiger partial charge is 0.331 e. The molecule has 0 fully saturated rings. The monoisotopic (exact) mass is 424 g/mol. The van der Waals surface area contributed by atoms with Gasteiger partial charge >= 0.3 is 5.97 Å². The van der Waals surface area contributed by atoms with Gasteiger partial charge in [0.25, 0.3) is 5.91 Å². The lowest BCUT2D eigenvalue weighted by molar-refractivity contribution is -0.142. The predicted molar refractivity (Wildman–Crippen MR) is 123 cm³/mol. The number of hydrogen-bond donors (Lipinski definition) is 1. The van der Waals surface area contributed by atoms with Crippen molar-refractivity contribution in [3.63, 3.8) is 0 Å². The summed E-state index contributed by atoms with van der Waals surface area (Å²) in [7, 11) is 0. The number of carbonyl (C=O) groups is 2. The molecule has 0 aliphatic carbocycles. The van der Waals surface area contributed by atoms with Gasteiger partial charge in [0.1, 0.15) is 5.75 Å². The Kier molecular flexibility index (Phi) is 6.53. The summed E-state index contributed by atoms with van der Waals surface area (Å²) in [6.07, 6.45) is 4.60. The quantitative estimate of drug-likeness (QED) is 0.325. The molecule has 1 heterocycles. The maximum atomic E-state index is 12.3. The van der Waals surface area contributed by atoms with Crippen LogP contribution in [0.15, 0.2) is 97.2 Å². The molecule has 1 amide bonds. The van der Waals surface area contributed by atoms with Crippen molar-refractivity contribution in [3.8, 4) is 11.5 Å². The molecule has 6 nitrogen and oxygen atoms in total. The van der Waals surface area contributed by atoms with Crippen LogP contribution >= 0.6 is 0 Å². The number of aromatic nitrogens is 1. The average molecular weight is 424 g/mol. The maximum Gasteiger partial charge on any atom is 0.331 e. The molecule has 0 aliphatic rings. The zero-order valence-corrected chi connectivity index (χ0v) is 17.1. The van der Waals surface area contributed by atoms with Gasteiger partial charge in [0.15, 0.2) is 12.4 Å². The lowest BCUT2D eigenvalue weighted by atomic mass is 10.1. The molecule has 0 radical (unpaired) electrons. The minimum Gasteiger partial charge on any atom is -0.455 e. The van der Waals surface area contributed by atoms with E-state index in [4.69, 9.17) is 9.47 Å². The minimum absolute atomic E-state index is 0.420. The molecule has 0 atom stereocenters. The summed E-state index contributed by atoms with van der Waals surface area (Å²) in [4.78, 5) is 28.7. The number of pyridine rings is 1. The second kappa shape index (κ2) is 10.0. The number of rotatable bonds is 7. The number of anilines is 1. The van der Waals surface area contributed by atoms with E-state index in [1.165, 1.54) is 6.08 Å². The molecule has 0 saturated carbocycles. The van der Waals surface area contributed by atoms with E-state index in [9.17, 15) is 9.59 Å². The van der Waals surface area contributed by atoms with Crippen LogP contribution in [-0.4, -0.2) is 23.5 Å². The molecule has 1 aromatic heterocycles. The molecule has 4 rings (SSSR count). The Morgan fingerprint density at radius 2 is 1.66 bits per heavy atom. The standard InChI is InChI=1S/C26H20N2O4/c29-24(28-22-13-4-5-14-23(22)32-21-11-2-1-3-12-21)18-31-25(30)16-15-20-9-6-8-19-10-7-17-27-26(19)20/h1-17H,18H2,(H,28,29)/b16-15+. The second-order valence-electron chi connectivity index (χ2n) is 6.82. The van der Waals surface area contributed by atoms with Crippen molar-refractivity contribution < 1.29 is 19.1 Å². The van der Waals surface area contributed by atoms with Gasteiger partial charge in [-0.25, -0.2) is 4.79 Å². The molecule has 6 heteroatoms. The SMILES string of the molecule is O=C(COC(=O)/C=C/c1cccc2cccnc12)Nc1ccccc1Oc1ccccc1. The highest BCUT2D eigenvalue weighted by atomic mass is 16.5. The second-order valence-corrected chi connectivity index (χ2v) is 6.82. The van der Waals surface area contributed by atoms with Gasteiger partial charge in [0.05, 0.1) is 11.2 Å². The molecule has 3 aromatic carbocycles. The minimum atomic E-state index is -0.623. The fourth-order valence-corrected chi connectivity index (χ4v) is 3.07. The number of benzene rings is 3. The number of nitrogens with zero attached hydrogens (tertiary/aromatic N) is 1. The molecule has 1 N–H and O–H groups in total. The first-order valence-corrected chi connectivity index (χ1v) is 9.99. The summed E-state index contributed by atoms with van der Waals surface area (Å²) in [6, 6.07) is 25.8. The molecule has 4 aromatic rings. The summed E-state index contributed by atoms with van der Waals surface area (Å²) < 4.78 is 10.9. The Balaban J connectivity index is 1.34.